The first-order valence-electron chi connectivity index (χ1n) is 8.92. The van der Waals surface area contributed by atoms with Gasteiger partial charge in [-0.2, -0.15) is 96.6 Å². The minimum Gasteiger partial charge on any atom is -0.270 e. The van der Waals surface area contributed by atoms with Crippen LogP contribution in [-0.4, -0.2) is 72.6 Å². The molecule has 0 saturated heterocycles. The van der Waals surface area contributed by atoms with E-state index >= 15 is 0 Å². The topological polar surface area (TPSA) is 36.9 Å². The van der Waals surface area contributed by atoms with Gasteiger partial charge < -0.3 is 0 Å². The van der Waals surface area contributed by atoms with Gasteiger partial charge in [-0.15, -0.1) is 0 Å². The van der Waals surface area contributed by atoms with Gasteiger partial charge in [-0.3, -0.25) is 18.9 Å². The standard InChI is InChI=1S/C14H6F24O4/c1-3(15,7(19,20)21)39-11(31,32)5(17,9(25,26)27)41-13(35,36)14(37,38)42-6(18,10(28,29)30)12(33,34)40-4(2,16)8(22,23)24/h1-2H3. The molecule has 4 unspecified atom stereocenters. The second-order valence-corrected chi connectivity index (χ2v) is 7.49. The van der Waals surface area contributed by atoms with E-state index < -0.39 is 86.4 Å². The second-order valence-electron chi connectivity index (χ2n) is 7.49. The number of hydrogen-bond donors (Lipinski definition) is 0. The molecule has 0 N–H and O–H groups in total. The molecule has 0 aromatic heterocycles. The molecule has 0 spiro atoms. The summed E-state index contributed by atoms with van der Waals surface area (Å²) in [5.74, 6) is -29.0. The fourth-order valence-corrected chi connectivity index (χ4v) is 1.77. The molecule has 0 aliphatic rings. The number of ether oxygens (including phenoxy) is 4. The normalized spacial score (nSPS) is 21.3. The van der Waals surface area contributed by atoms with Gasteiger partial charge in [0.15, 0.2) is 0 Å². The van der Waals surface area contributed by atoms with E-state index in [9.17, 15) is 105 Å². The number of halogens is 24. The summed E-state index contributed by atoms with van der Waals surface area (Å²) < 4.78 is 320. The zero-order chi connectivity index (χ0) is 34.8. The molecule has 0 aromatic rings. The molecule has 254 valence electrons. The Morgan fingerprint density at radius 1 is 0.262 bits per heavy atom. The molecule has 0 aromatic carbocycles. The van der Waals surface area contributed by atoms with Crippen LogP contribution in [0.4, 0.5) is 105 Å². The van der Waals surface area contributed by atoms with Gasteiger partial charge in [0.2, 0.25) is 0 Å². The van der Waals surface area contributed by atoms with Crippen LogP contribution in [0.3, 0.4) is 0 Å². The van der Waals surface area contributed by atoms with Crippen molar-refractivity contribution in [3.63, 3.8) is 0 Å². The van der Waals surface area contributed by atoms with Gasteiger partial charge in [0.1, 0.15) is 0 Å². The molecule has 0 saturated carbocycles. The summed E-state index contributed by atoms with van der Waals surface area (Å²) in [7, 11) is 0. The third-order valence-corrected chi connectivity index (χ3v) is 4.01. The molecule has 0 aliphatic heterocycles. The van der Waals surface area contributed by atoms with Crippen LogP contribution in [0.15, 0.2) is 0 Å². The van der Waals surface area contributed by atoms with E-state index in [1.54, 1.807) is 9.47 Å². The molecule has 4 nitrogen and oxygen atoms in total. The van der Waals surface area contributed by atoms with Crippen LogP contribution in [0.25, 0.3) is 0 Å². The molecule has 42 heavy (non-hydrogen) atoms. The molecule has 0 amide bonds. The number of rotatable bonds is 11. The lowest BCUT2D eigenvalue weighted by molar-refractivity contribution is -0.584. The van der Waals surface area contributed by atoms with Crippen LogP contribution < -0.4 is 0 Å². The highest BCUT2D eigenvalue weighted by Gasteiger charge is 2.86. The summed E-state index contributed by atoms with van der Waals surface area (Å²) in [6.07, 6.45) is -62.9. The van der Waals surface area contributed by atoms with Crippen molar-refractivity contribution in [1.82, 2.24) is 0 Å². The lowest BCUT2D eigenvalue weighted by Gasteiger charge is -2.41. The molecular formula is C14H6F24O4. The van der Waals surface area contributed by atoms with E-state index in [1.807, 2.05) is 0 Å². The summed E-state index contributed by atoms with van der Waals surface area (Å²) in [6.45, 7) is -2.65. The SMILES string of the molecule is CC(F)(OC(F)(F)C(F)(OC(F)(F)C(F)(F)OC(F)(C(F)(F)F)C(F)(F)OC(C)(F)C(F)(F)F)C(F)(F)F)C(F)(F)F. The number of alkyl halides is 24. The summed E-state index contributed by atoms with van der Waals surface area (Å²) >= 11 is 0. The third-order valence-electron chi connectivity index (χ3n) is 4.01. The zero-order valence-electron chi connectivity index (χ0n) is 18.7. The van der Waals surface area contributed by atoms with Crippen molar-refractivity contribution in [1.29, 1.82) is 0 Å². The molecule has 0 bridgehead atoms. The molecule has 0 aliphatic carbocycles. The number of hydrogen-bond acceptors (Lipinski definition) is 4. The predicted octanol–water partition coefficient (Wildman–Crippen LogP) is 8.38. The fourth-order valence-electron chi connectivity index (χ4n) is 1.77. The first-order valence-corrected chi connectivity index (χ1v) is 8.92. The highest BCUT2D eigenvalue weighted by molar-refractivity contribution is 4.94. The Morgan fingerprint density at radius 2 is 0.452 bits per heavy atom. The maximum Gasteiger partial charge on any atom is 0.458 e. The monoisotopic (exact) mass is 694 g/mol. The predicted molar refractivity (Wildman–Crippen MR) is 75.1 cm³/mol. The molecule has 0 rings (SSSR count). The molecular weight excluding hydrogens is 688 g/mol. The lowest BCUT2D eigenvalue weighted by Crippen LogP contribution is -2.68. The highest BCUT2D eigenvalue weighted by atomic mass is 19.4. The maximum absolute atomic E-state index is 14.0. The van der Waals surface area contributed by atoms with Gasteiger partial charge in [-0.05, 0) is 0 Å². The third kappa shape index (κ3) is 7.27. The van der Waals surface area contributed by atoms with Crippen LogP contribution in [0, 0.1) is 0 Å². The van der Waals surface area contributed by atoms with Gasteiger partial charge in [-0.1, -0.05) is 0 Å². The Morgan fingerprint density at radius 3 is 0.595 bits per heavy atom. The Labute approximate surface area is 212 Å². The fraction of sp³-hybridized carbons (Fsp3) is 1.00. The van der Waals surface area contributed by atoms with Crippen molar-refractivity contribution in [3.8, 4) is 0 Å². The largest absolute Gasteiger partial charge is 0.458 e. The first-order chi connectivity index (χ1) is 17.6. The second kappa shape index (κ2) is 10.4. The van der Waals surface area contributed by atoms with Gasteiger partial charge >= 0.3 is 72.6 Å². The quantitative estimate of drug-likeness (QED) is 0.204. The first kappa shape index (κ1) is 40.2. The van der Waals surface area contributed by atoms with Crippen LogP contribution in [0.1, 0.15) is 13.8 Å². The van der Waals surface area contributed by atoms with E-state index in [2.05, 4.69) is 0 Å². The van der Waals surface area contributed by atoms with Gasteiger partial charge in [0.25, 0.3) is 0 Å². The smallest absolute Gasteiger partial charge is 0.270 e. The van der Waals surface area contributed by atoms with Gasteiger partial charge in [-0.25, -0.2) is 8.78 Å². The van der Waals surface area contributed by atoms with Crippen molar-refractivity contribution >= 4 is 0 Å². The van der Waals surface area contributed by atoms with Crippen LogP contribution in [-0.2, 0) is 18.9 Å². The van der Waals surface area contributed by atoms with E-state index in [0.29, 0.717) is 0 Å². The van der Waals surface area contributed by atoms with Gasteiger partial charge in [0, 0.05) is 13.8 Å². The van der Waals surface area contributed by atoms with Crippen molar-refractivity contribution in [2.24, 2.45) is 0 Å². The van der Waals surface area contributed by atoms with Gasteiger partial charge in [0.05, 0.1) is 0 Å². The highest BCUT2D eigenvalue weighted by Crippen LogP contribution is 2.58. The zero-order valence-corrected chi connectivity index (χ0v) is 18.7. The van der Waals surface area contributed by atoms with E-state index in [-0.39, 0.29) is 0 Å². The summed E-state index contributed by atoms with van der Waals surface area (Å²) in [5, 5.41) is 0. The molecule has 0 fully saturated rings. The van der Waals surface area contributed by atoms with E-state index in [4.69, 9.17) is 0 Å². The van der Waals surface area contributed by atoms with Crippen molar-refractivity contribution in [2.45, 2.75) is 86.4 Å². The van der Waals surface area contributed by atoms with Crippen molar-refractivity contribution in [3.05, 3.63) is 0 Å². The summed E-state index contributed by atoms with van der Waals surface area (Å²) in [5.41, 5.74) is 0. The lowest BCUT2D eigenvalue weighted by atomic mass is 10.2. The Hall–Kier alpha value is -1.84. The molecule has 0 radical (unpaired) electrons. The van der Waals surface area contributed by atoms with E-state index in [0.717, 1.165) is 0 Å². The van der Waals surface area contributed by atoms with Crippen molar-refractivity contribution < 1.29 is 124 Å². The Balaban J connectivity index is 6.96. The molecule has 0 heterocycles. The maximum atomic E-state index is 14.0. The van der Waals surface area contributed by atoms with Crippen LogP contribution in [0.5, 0.6) is 0 Å². The average molecular weight is 694 g/mol. The average Bonchev–Trinajstić information content (AvgIpc) is 2.61. The van der Waals surface area contributed by atoms with Crippen LogP contribution in [0.2, 0.25) is 0 Å². The minimum atomic E-state index is -8.41. The molecule has 28 heteroatoms. The van der Waals surface area contributed by atoms with Crippen molar-refractivity contribution in [2.75, 3.05) is 0 Å². The summed E-state index contributed by atoms with van der Waals surface area (Å²) in [6, 6.07) is 0. The van der Waals surface area contributed by atoms with E-state index in [1.165, 1.54) is 9.47 Å². The van der Waals surface area contributed by atoms with Crippen LogP contribution >= 0.6 is 0 Å². The minimum absolute atomic E-state index is 1.22. The Bertz CT molecular complexity index is 867. The summed E-state index contributed by atoms with van der Waals surface area (Å²) in [4.78, 5) is 0. The Kier molecular flexibility index (Phi) is 9.91. The molecule has 4 atom stereocenters.